The standard InChI is InChI=1S/C23H25N5/c1-15-2-7-18-8-5-17(13-21(18)27-15)4-3-16-6-9-19(12-16)28-11-10-20-22(24)25-14-26-23(20)28/h2,5,7-8,10-11,13-14,16,19H,3-4,6,9,12H2,1H3,(H2,24,25,26). The van der Waals surface area contributed by atoms with Crippen LogP contribution in [0.2, 0.25) is 0 Å². The lowest BCUT2D eigenvalue weighted by molar-refractivity contribution is 0.461. The van der Waals surface area contributed by atoms with Gasteiger partial charge in [0, 0.05) is 23.3 Å². The van der Waals surface area contributed by atoms with Gasteiger partial charge in [0.1, 0.15) is 17.8 Å². The zero-order valence-corrected chi connectivity index (χ0v) is 16.2. The molecule has 2 N–H and O–H groups in total. The van der Waals surface area contributed by atoms with Crippen molar-refractivity contribution in [3.05, 3.63) is 60.2 Å². The molecule has 1 aliphatic rings. The molecule has 2 unspecified atom stereocenters. The number of aromatic nitrogens is 4. The number of nitrogens with two attached hydrogens (primary N) is 1. The average molecular weight is 371 g/mol. The minimum absolute atomic E-state index is 0.512. The number of benzene rings is 1. The molecule has 0 amide bonds. The molecule has 1 aromatic carbocycles. The number of hydrogen-bond donors (Lipinski definition) is 1. The largest absolute Gasteiger partial charge is 0.383 e. The van der Waals surface area contributed by atoms with Crippen molar-refractivity contribution >= 4 is 27.8 Å². The summed E-state index contributed by atoms with van der Waals surface area (Å²) in [5.74, 6) is 1.32. The highest BCUT2D eigenvalue weighted by molar-refractivity contribution is 5.86. The van der Waals surface area contributed by atoms with Crippen molar-refractivity contribution in [3.63, 3.8) is 0 Å². The second-order valence-corrected chi connectivity index (χ2v) is 8.07. The topological polar surface area (TPSA) is 69.6 Å². The predicted molar refractivity (Wildman–Crippen MR) is 113 cm³/mol. The van der Waals surface area contributed by atoms with Gasteiger partial charge in [0.15, 0.2) is 0 Å². The summed E-state index contributed by atoms with van der Waals surface area (Å²) in [6, 6.07) is 13.5. The molecule has 4 aromatic rings. The van der Waals surface area contributed by atoms with Crippen LogP contribution in [0.15, 0.2) is 48.9 Å². The number of nitrogen functional groups attached to an aromatic ring is 1. The molecule has 28 heavy (non-hydrogen) atoms. The Morgan fingerprint density at radius 3 is 2.93 bits per heavy atom. The molecule has 142 valence electrons. The molecule has 5 rings (SSSR count). The minimum Gasteiger partial charge on any atom is -0.383 e. The smallest absolute Gasteiger partial charge is 0.145 e. The Balaban J connectivity index is 1.27. The Morgan fingerprint density at radius 2 is 2.00 bits per heavy atom. The first-order chi connectivity index (χ1) is 13.7. The molecule has 1 fully saturated rings. The summed E-state index contributed by atoms with van der Waals surface area (Å²) in [7, 11) is 0. The molecule has 1 aliphatic carbocycles. The van der Waals surface area contributed by atoms with Gasteiger partial charge in [-0.1, -0.05) is 18.2 Å². The van der Waals surface area contributed by atoms with Gasteiger partial charge in [0.25, 0.3) is 0 Å². The van der Waals surface area contributed by atoms with Gasteiger partial charge in [-0.2, -0.15) is 0 Å². The Labute approximate surface area is 164 Å². The van der Waals surface area contributed by atoms with Crippen LogP contribution in [0, 0.1) is 12.8 Å². The summed E-state index contributed by atoms with van der Waals surface area (Å²) in [5, 5.41) is 2.18. The molecule has 0 radical (unpaired) electrons. The van der Waals surface area contributed by atoms with Crippen molar-refractivity contribution in [2.45, 2.75) is 45.1 Å². The molecule has 0 saturated heterocycles. The van der Waals surface area contributed by atoms with Crippen molar-refractivity contribution in [2.75, 3.05) is 5.73 Å². The van der Waals surface area contributed by atoms with Crippen LogP contribution in [0.3, 0.4) is 0 Å². The molecule has 0 aliphatic heterocycles. The van der Waals surface area contributed by atoms with Crippen molar-refractivity contribution in [3.8, 4) is 0 Å². The van der Waals surface area contributed by atoms with Crippen LogP contribution in [0.1, 0.15) is 43.0 Å². The Kier molecular flexibility index (Phi) is 4.23. The van der Waals surface area contributed by atoms with Gasteiger partial charge in [-0.25, -0.2) is 9.97 Å². The molecule has 2 atom stereocenters. The monoisotopic (exact) mass is 371 g/mol. The van der Waals surface area contributed by atoms with Crippen molar-refractivity contribution < 1.29 is 0 Å². The van der Waals surface area contributed by atoms with E-state index in [1.165, 1.54) is 36.6 Å². The van der Waals surface area contributed by atoms with Gasteiger partial charge < -0.3 is 10.3 Å². The maximum atomic E-state index is 5.99. The SMILES string of the molecule is Cc1ccc2ccc(CCC3CCC(n4ccc5c(N)ncnc54)C3)cc2n1. The zero-order valence-electron chi connectivity index (χ0n) is 16.2. The molecule has 5 heteroatoms. The predicted octanol–water partition coefficient (Wildman–Crippen LogP) is 4.84. The molecule has 3 aromatic heterocycles. The van der Waals surface area contributed by atoms with E-state index in [1.807, 2.05) is 13.0 Å². The number of hydrogen-bond acceptors (Lipinski definition) is 4. The molecular weight excluding hydrogens is 346 g/mol. The van der Waals surface area contributed by atoms with Crippen LogP contribution >= 0.6 is 0 Å². The van der Waals surface area contributed by atoms with Crippen LogP contribution in [0.4, 0.5) is 5.82 Å². The van der Waals surface area contributed by atoms with Gasteiger partial charge in [-0.3, -0.25) is 4.98 Å². The van der Waals surface area contributed by atoms with Crippen LogP contribution in [-0.4, -0.2) is 19.5 Å². The molecule has 3 heterocycles. The van der Waals surface area contributed by atoms with E-state index >= 15 is 0 Å². The summed E-state index contributed by atoms with van der Waals surface area (Å²) in [6.45, 7) is 2.05. The third-order valence-electron chi connectivity index (χ3n) is 6.18. The zero-order chi connectivity index (χ0) is 19.1. The van der Waals surface area contributed by atoms with E-state index < -0.39 is 0 Å². The Hall–Kier alpha value is -2.95. The fraction of sp³-hybridized carbons (Fsp3) is 0.348. The quantitative estimate of drug-likeness (QED) is 0.557. The number of rotatable bonds is 4. The van der Waals surface area contributed by atoms with E-state index in [9.17, 15) is 0 Å². The second-order valence-electron chi connectivity index (χ2n) is 8.07. The number of anilines is 1. The van der Waals surface area contributed by atoms with Gasteiger partial charge in [-0.15, -0.1) is 0 Å². The van der Waals surface area contributed by atoms with Gasteiger partial charge >= 0.3 is 0 Å². The van der Waals surface area contributed by atoms with Crippen LogP contribution in [0.5, 0.6) is 0 Å². The van der Waals surface area contributed by atoms with Crippen LogP contribution < -0.4 is 5.73 Å². The van der Waals surface area contributed by atoms with Crippen LogP contribution in [-0.2, 0) is 6.42 Å². The second kappa shape index (κ2) is 6.89. The summed E-state index contributed by atoms with van der Waals surface area (Å²) in [4.78, 5) is 13.2. The number of fused-ring (bicyclic) bond motifs is 2. The van der Waals surface area contributed by atoms with Crippen molar-refractivity contribution in [2.24, 2.45) is 5.92 Å². The lowest BCUT2D eigenvalue weighted by Gasteiger charge is -2.14. The maximum absolute atomic E-state index is 5.99. The maximum Gasteiger partial charge on any atom is 0.145 e. The lowest BCUT2D eigenvalue weighted by Crippen LogP contribution is -2.06. The van der Waals surface area contributed by atoms with Crippen LogP contribution in [0.25, 0.3) is 21.9 Å². The first-order valence-electron chi connectivity index (χ1n) is 10.1. The first-order valence-corrected chi connectivity index (χ1v) is 10.1. The first kappa shape index (κ1) is 17.2. The highest BCUT2D eigenvalue weighted by Crippen LogP contribution is 2.39. The molecule has 1 saturated carbocycles. The molecule has 5 nitrogen and oxygen atoms in total. The highest BCUT2D eigenvalue weighted by Gasteiger charge is 2.27. The van der Waals surface area contributed by atoms with Crippen molar-refractivity contribution in [1.29, 1.82) is 0 Å². The third-order valence-corrected chi connectivity index (χ3v) is 6.18. The van der Waals surface area contributed by atoms with Gasteiger partial charge in [0.05, 0.1) is 10.9 Å². The van der Waals surface area contributed by atoms with Crippen molar-refractivity contribution in [1.82, 2.24) is 19.5 Å². The van der Waals surface area contributed by atoms with Gasteiger partial charge in [-0.05, 0) is 68.7 Å². The highest BCUT2D eigenvalue weighted by atomic mass is 15.1. The summed E-state index contributed by atoms with van der Waals surface area (Å²) >= 11 is 0. The Bertz CT molecular complexity index is 1150. The minimum atomic E-state index is 0.512. The van der Waals surface area contributed by atoms with E-state index in [0.29, 0.717) is 11.9 Å². The molecule has 0 bridgehead atoms. The Morgan fingerprint density at radius 1 is 1.11 bits per heavy atom. The van der Waals surface area contributed by atoms with E-state index in [2.05, 4.69) is 56.0 Å². The van der Waals surface area contributed by atoms with E-state index in [1.54, 1.807) is 6.33 Å². The molecular formula is C23H25N5. The van der Waals surface area contributed by atoms with Gasteiger partial charge in [0.2, 0.25) is 0 Å². The lowest BCUT2D eigenvalue weighted by atomic mass is 9.97. The third kappa shape index (κ3) is 3.11. The number of pyridine rings is 1. The normalized spacial score (nSPS) is 19.6. The number of nitrogens with zero attached hydrogens (tertiary/aromatic N) is 4. The average Bonchev–Trinajstić information content (AvgIpc) is 3.33. The fourth-order valence-electron chi connectivity index (χ4n) is 4.64. The molecule has 0 spiro atoms. The summed E-state index contributed by atoms with van der Waals surface area (Å²) in [6.07, 6.45) is 9.72. The fourth-order valence-corrected chi connectivity index (χ4v) is 4.64. The number of aryl methyl sites for hydroxylation is 2. The summed E-state index contributed by atoms with van der Waals surface area (Å²) in [5.41, 5.74) is 10.5. The van der Waals surface area contributed by atoms with E-state index in [4.69, 9.17) is 5.73 Å². The summed E-state index contributed by atoms with van der Waals surface area (Å²) < 4.78 is 2.30. The van der Waals surface area contributed by atoms with E-state index in [0.717, 1.165) is 34.6 Å². The van der Waals surface area contributed by atoms with E-state index in [-0.39, 0.29) is 0 Å².